The molecule has 1 aliphatic heterocycles. The Morgan fingerprint density at radius 3 is 2.79 bits per heavy atom. The van der Waals surface area contributed by atoms with E-state index in [0.717, 1.165) is 38.1 Å². The molecule has 2 amide bonds. The smallest absolute Gasteiger partial charge is 0.240 e. The molecule has 2 saturated carbocycles. The number of amides is 2. The van der Waals surface area contributed by atoms with Crippen molar-refractivity contribution in [1.82, 2.24) is 19.8 Å². The molecule has 0 aromatic carbocycles. The zero-order valence-corrected chi connectivity index (χ0v) is 17.2. The minimum atomic E-state index is 0.0388. The summed E-state index contributed by atoms with van der Waals surface area (Å²) in [6.45, 7) is 3.86. The van der Waals surface area contributed by atoms with Gasteiger partial charge >= 0.3 is 0 Å². The Morgan fingerprint density at radius 2 is 2.04 bits per heavy atom. The molecular weight excluding hydrogens is 352 g/mol. The van der Waals surface area contributed by atoms with E-state index in [1.807, 2.05) is 17.7 Å². The number of piperidine rings is 1. The maximum atomic E-state index is 12.8. The van der Waals surface area contributed by atoms with Gasteiger partial charge in [-0.2, -0.15) is 0 Å². The van der Waals surface area contributed by atoms with Gasteiger partial charge in [-0.05, 0) is 44.9 Å². The lowest BCUT2D eigenvalue weighted by atomic mass is 9.74. The van der Waals surface area contributed by atoms with Crippen LogP contribution in [0.2, 0.25) is 0 Å². The van der Waals surface area contributed by atoms with Crippen molar-refractivity contribution in [3.8, 4) is 0 Å². The van der Waals surface area contributed by atoms with Gasteiger partial charge in [-0.15, -0.1) is 0 Å². The van der Waals surface area contributed by atoms with Crippen LogP contribution in [0.3, 0.4) is 0 Å². The van der Waals surface area contributed by atoms with Crippen LogP contribution in [0.1, 0.15) is 70.0 Å². The van der Waals surface area contributed by atoms with Crippen molar-refractivity contribution in [1.29, 1.82) is 0 Å². The number of hydrogen-bond acceptors (Lipinski definition) is 3. The topological polar surface area (TPSA) is 67.2 Å². The summed E-state index contributed by atoms with van der Waals surface area (Å²) in [6, 6.07) is 0.311. The molecule has 0 radical (unpaired) electrons. The highest BCUT2D eigenvalue weighted by Gasteiger charge is 2.50. The Balaban J connectivity index is 1.39. The summed E-state index contributed by atoms with van der Waals surface area (Å²) in [4.78, 5) is 31.7. The molecule has 1 aromatic rings. The quantitative estimate of drug-likeness (QED) is 0.817. The number of nitrogens with one attached hydrogen (secondary N) is 1. The zero-order valence-electron chi connectivity index (χ0n) is 17.2. The van der Waals surface area contributed by atoms with Crippen molar-refractivity contribution in [3.05, 3.63) is 18.2 Å². The van der Waals surface area contributed by atoms with Crippen LogP contribution < -0.4 is 5.32 Å². The van der Waals surface area contributed by atoms with Crippen molar-refractivity contribution < 1.29 is 9.59 Å². The number of imidazole rings is 1. The standard InChI is InChI=1S/C22H34N4O2/c1-17-23-12-13-25(17)15-20(27)24-16-22-10-5-8-19(22)26(21(28)9-11-22)14-18-6-3-2-4-7-18/h12-13,18-19H,2-11,14-16H2,1H3,(H,24,27)/t19-,22+/m1/s1. The average molecular weight is 387 g/mol. The van der Waals surface area contributed by atoms with Crippen molar-refractivity contribution >= 4 is 11.8 Å². The normalized spacial score (nSPS) is 28.4. The van der Waals surface area contributed by atoms with Crippen LogP contribution in [0.4, 0.5) is 0 Å². The monoisotopic (exact) mass is 386 g/mol. The van der Waals surface area contributed by atoms with Gasteiger partial charge in [0, 0.05) is 43.4 Å². The summed E-state index contributed by atoms with van der Waals surface area (Å²) in [5, 5.41) is 3.19. The summed E-state index contributed by atoms with van der Waals surface area (Å²) >= 11 is 0. The first-order chi connectivity index (χ1) is 13.6. The molecule has 1 saturated heterocycles. The molecule has 3 aliphatic rings. The minimum absolute atomic E-state index is 0.0388. The highest BCUT2D eigenvalue weighted by atomic mass is 16.2. The number of nitrogens with zero attached hydrogens (tertiary/aromatic N) is 3. The van der Waals surface area contributed by atoms with Gasteiger partial charge in [0.15, 0.2) is 0 Å². The molecular formula is C22H34N4O2. The molecule has 4 rings (SSSR count). The van der Waals surface area contributed by atoms with Gasteiger partial charge in [0.05, 0.1) is 0 Å². The van der Waals surface area contributed by atoms with Crippen LogP contribution in [0.5, 0.6) is 0 Å². The van der Waals surface area contributed by atoms with Crippen LogP contribution >= 0.6 is 0 Å². The molecule has 6 heteroatoms. The number of carbonyl (C=O) groups is 2. The third kappa shape index (κ3) is 3.96. The predicted octanol–water partition coefficient (Wildman–Crippen LogP) is 3.05. The highest BCUT2D eigenvalue weighted by Crippen LogP contribution is 2.48. The van der Waals surface area contributed by atoms with Crippen LogP contribution in [0, 0.1) is 18.3 Å². The van der Waals surface area contributed by atoms with Crippen LogP contribution in [0.15, 0.2) is 12.4 Å². The summed E-state index contributed by atoms with van der Waals surface area (Å²) in [6.07, 6.45) is 15.0. The number of fused-ring (bicyclic) bond motifs is 1. The van der Waals surface area contributed by atoms with Gasteiger partial charge in [-0.25, -0.2) is 4.98 Å². The molecule has 6 nitrogen and oxygen atoms in total. The van der Waals surface area contributed by atoms with Crippen molar-refractivity contribution in [3.63, 3.8) is 0 Å². The lowest BCUT2D eigenvalue weighted by Gasteiger charge is -2.47. The molecule has 1 N–H and O–H groups in total. The van der Waals surface area contributed by atoms with Gasteiger partial charge in [-0.3, -0.25) is 9.59 Å². The molecule has 3 fully saturated rings. The first-order valence-electron chi connectivity index (χ1n) is 11.1. The lowest BCUT2D eigenvalue weighted by Crippen LogP contribution is -2.57. The molecule has 0 bridgehead atoms. The fraction of sp³-hybridized carbons (Fsp3) is 0.773. The lowest BCUT2D eigenvalue weighted by molar-refractivity contribution is -0.143. The number of hydrogen-bond donors (Lipinski definition) is 1. The Labute approximate surface area is 168 Å². The van der Waals surface area contributed by atoms with E-state index in [4.69, 9.17) is 0 Å². The fourth-order valence-electron chi connectivity index (χ4n) is 5.80. The second kappa shape index (κ2) is 8.26. The zero-order chi connectivity index (χ0) is 19.6. The van der Waals surface area contributed by atoms with Crippen LogP contribution in [-0.2, 0) is 16.1 Å². The van der Waals surface area contributed by atoms with Crippen LogP contribution in [-0.4, -0.2) is 45.4 Å². The van der Waals surface area contributed by atoms with Gasteiger partial charge < -0.3 is 14.8 Å². The Morgan fingerprint density at radius 1 is 1.21 bits per heavy atom. The van der Waals surface area contributed by atoms with E-state index in [1.54, 1.807) is 6.20 Å². The first kappa shape index (κ1) is 19.5. The summed E-state index contributed by atoms with van der Waals surface area (Å²) in [5.74, 6) is 1.91. The van der Waals surface area contributed by atoms with E-state index < -0.39 is 0 Å². The third-order valence-corrected chi connectivity index (χ3v) is 7.45. The molecule has 0 spiro atoms. The number of aryl methyl sites for hydroxylation is 1. The molecule has 2 atom stereocenters. The number of likely N-dealkylation sites (tertiary alicyclic amines) is 1. The maximum absolute atomic E-state index is 12.8. The molecule has 28 heavy (non-hydrogen) atoms. The van der Waals surface area contributed by atoms with Gasteiger partial charge in [0.1, 0.15) is 12.4 Å². The molecule has 154 valence electrons. The first-order valence-corrected chi connectivity index (χ1v) is 11.1. The van der Waals surface area contributed by atoms with E-state index in [9.17, 15) is 9.59 Å². The SMILES string of the molecule is Cc1nccn1CC(=O)NC[C@@]12CCC[C@H]1N(CC1CCCCC1)C(=O)CC2. The highest BCUT2D eigenvalue weighted by molar-refractivity contribution is 5.78. The summed E-state index contributed by atoms with van der Waals surface area (Å²) < 4.78 is 1.87. The molecule has 2 aliphatic carbocycles. The van der Waals surface area contributed by atoms with Crippen LogP contribution in [0.25, 0.3) is 0 Å². The molecule has 1 aromatic heterocycles. The molecule has 0 unspecified atom stereocenters. The minimum Gasteiger partial charge on any atom is -0.354 e. The van der Waals surface area contributed by atoms with Gasteiger partial charge in [0.25, 0.3) is 0 Å². The van der Waals surface area contributed by atoms with E-state index in [-0.39, 0.29) is 11.3 Å². The van der Waals surface area contributed by atoms with Crippen molar-refractivity contribution in [2.45, 2.75) is 83.7 Å². The third-order valence-electron chi connectivity index (χ3n) is 7.45. The van der Waals surface area contributed by atoms with Gasteiger partial charge in [0.2, 0.25) is 11.8 Å². The van der Waals surface area contributed by atoms with Crippen molar-refractivity contribution in [2.75, 3.05) is 13.1 Å². The van der Waals surface area contributed by atoms with E-state index >= 15 is 0 Å². The summed E-state index contributed by atoms with van der Waals surface area (Å²) in [5.41, 5.74) is 0.0716. The average Bonchev–Trinajstić information content (AvgIpc) is 3.30. The van der Waals surface area contributed by atoms with E-state index in [2.05, 4.69) is 15.2 Å². The molecule has 2 heterocycles. The summed E-state index contributed by atoms with van der Waals surface area (Å²) in [7, 11) is 0. The fourth-order valence-corrected chi connectivity index (χ4v) is 5.80. The number of aromatic nitrogens is 2. The van der Waals surface area contributed by atoms with Gasteiger partial charge in [-0.1, -0.05) is 25.7 Å². The predicted molar refractivity (Wildman–Crippen MR) is 108 cm³/mol. The van der Waals surface area contributed by atoms with Crippen molar-refractivity contribution in [2.24, 2.45) is 11.3 Å². The maximum Gasteiger partial charge on any atom is 0.240 e. The number of carbonyl (C=O) groups excluding carboxylic acids is 2. The second-order valence-corrected chi connectivity index (χ2v) is 9.20. The number of rotatable bonds is 6. The Kier molecular flexibility index (Phi) is 5.74. The largest absolute Gasteiger partial charge is 0.354 e. The Bertz CT molecular complexity index is 709. The van der Waals surface area contributed by atoms with E-state index in [1.165, 1.54) is 32.1 Å². The Hall–Kier alpha value is -1.85. The van der Waals surface area contributed by atoms with E-state index in [0.29, 0.717) is 37.4 Å². The second-order valence-electron chi connectivity index (χ2n) is 9.20.